The van der Waals surface area contributed by atoms with E-state index in [1.807, 2.05) is 42.5 Å². The van der Waals surface area contributed by atoms with E-state index in [-0.39, 0.29) is 48.5 Å². The quantitative estimate of drug-likeness (QED) is 0.128. The summed E-state index contributed by atoms with van der Waals surface area (Å²) in [5.74, 6) is -0.885. The molecule has 1 amide bonds. The van der Waals surface area contributed by atoms with Gasteiger partial charge >= 0.3 is 18.0 Å². The third-order valence-corrected chi connectivity index (χ3v) is 6.57. The number of carbonyl (C=O) groups is 3. The highest BCUT2D eigenvalue weighted by Crippen LogP contribution is 2.24. The lowest BCUT2D eigenvalue weighted by molar-refractivity contribution is -0.145. The molecule has 4 aromatic carbocycles. The zero-order valence-electron chi connectivity index (χ0n) is 24.0. The van der Waals surface area contributed by atoms with E-state index in [1.165, 1.54) is 24.5 Å². The average Bonchev–Trinajstić information content (AvgIpc) is 3.07. The molecular weight excluding hydrogens is 578 g/mol. The van der Waals surface area contributed by atoms with Crippen LogP contribution in [0.25, 0.3) is 11.0 Å². The fraction of sp³-hybridized carbons (Fsp3) is 0.143. The van der Waals surface area contributed by atoms with Gasteiger partial charge in [0.15, 0.2) is 0 Å². The number of carbonyl (C=O) groups excluding carboxylic acids is 3. The minimum atomic E-state index is -1.25. The Morgan fingerprint density at radius 2 is 1.36 bits per heavy atom. The molecule has 10 nitrogen and oxygen atoms in total. The summed E-state index contributed by atoms with van der Waals surface area (Å²) in [6.45, 7) is 0.0506. The van der Waals surface area contributed by atoms with Crippen molar-refractivity contribution in [2.45, 2.75) is 32.1 Å². The highest BCUT2D eigenvalue weighted by atomic mass is 16.6. The second-order valence-corrected chi connectivity index (χ2v) is 9.87. The Morgan fingerprint density at radius 1 is 0.733 bits per heavy atom. The van der Waals surface area contributed by atoms with Crippen molar-refractivity contribution >= 4 is 29.0 Å². The van der Waals surface area contributed by atoms with Gasteiger partial charge in [-0.1, -0.05) is 78.9 Å². The van der Waals surface area contributed by atoms with Crippen molar-refractivity contribution in [3.05, 3.63) is 137 Å². The van der Waals surface area contributed by atoms with E-state index in [0.29, 0.717) is 5.75 Å². The molecule has 228 valence electrons. The molecule has 0 aliphatic carbocycles. The van der Waals surface area contributed by atoms with Gasteiger partial charge in [-0.3, -0.25) is 9.59 Å². The number of ether oxygens (including phenoxy) is 4. The first-order valence-corrected chi connectivity index (χ1v) is 14.1. The van der Waals surface area contributed by atoms with E-state index < -0.39 is 29.5 Å². The first kappa shape index (κ1) is 30.6. The summed E-state index contributed by atoms with van der Waals surface area (Å²) < 4.78 is 27.3. The number of para-hydroxylation sites is 1. The number of hydrogen-bond acceptors (Lipinski definition) is 9. The Bertz CT molecular complexity index is 1810. The first-order valence-electron chi connectivity index (χ1n) is 14.1. The molecule has 5 aromatic rings. The number of rotatable bonds is 12. The number of amides is 1. The lowest BCUT2D eigenvalue weighted by Crippen LogP contribution is -2.43. The molecule has 0 aliphatic heterocycles. The van der Waals surface area contributed by atoms with Gasteiger partial charge in [-0.25, -0.2) is 9.59 Å². The van der Waals surface area contributed by atoms with Gasteiger partial charge in [0.05, 0.1) is 5.39 Å². The summed E-state index contributed by atoms with van der Waals surface area (Å²) in [7, 11) is 0. The van der Waals surface area contributed by atoms with E-state index in [2.05, 4.69) is 5.32 Å². The van der Waals surface area contributed by atoms with Gasteiger partial charge in [-0.05, 0) is 41.8 Å². The molecule has 1 atom stereocenters. The molecule has 0 saturated carbocycles. The highest BCUT2D eigenvalue weighted by molar-refractivity contribution is 5.85. The lowest BCUT2D eigenvalue weighted by Gasteiger charge is -2.17. The maximum atomic E-state index is 13.2. The summed E-state index contributed by atoms with van der Waals surface area (Å²) in [5.41, 5.74) is 1.31. The van der Waals surface area contributed by atoms with Crippen molar-refractivity contribution < 1.29 is 37.7 Å². The molecule has 1 aromatic heterocycles. The number of nitrogens with one attached hydrogen (secondary N) is 1. The van der Waals surface area contributed by atoms with Gasteiger partial charge in [0.1, 0.15) is 42.6 Å². The van der Waals surface area contributed by atoms with Gasteiger partial charge in [-0.2, -0.15) is 0 Å². The van der Waals surface area contributed by atoms with Gasteiger partial charge in [0.2, 0.25) is 11.2 Å². The lowest BCUT2D eigenvalue weighted by atomic mass is 10.1. The number of esters is 2. The van der Waals surface area contributed by atoms with Gasteiger partial charge in [0.25, 0.3) is 0 Å². The SMILES string of the molecule is O=C(CC[C@H](NC(=O)OCc1ccccc1)C(=O)Oc1ccc2c(=O)c(Oc3ccccc3)coc2c1)OCc1ccccc1. The second-order valence-electron chi connectivity index (χ2n) is 9.87. The molecule has 10 heteroatoms. The van der Waals surface area contributed by atoms with Crippen LogP contribution < -0.4 is 20.2 Å². The van der Waals surface area contributed by atoms with Crippen LogP contribution in [0.1, 0.15) is 24.0 Å². The molecule has 0 fully saturated rings. The van der Waals surface area contributed by atoms with Crippen LogP contribution in [0.2, 0.25) is 0 Å². The van der Waals surface area contributed by atoms with Crippen molar-refractivity contribution in [2.24, 2.45) is 0 Å². The van der Waals surface area contributed by atoms with Gasteiger partial charge in [0, 0.05) is 12.5 Å². The molecule has 0 aliphatic rings. The van der Waals surface area contributed by atoms with Crippen LogP contribution in [0, 0.1) is 0 Å². The monoisotopic (exact) mass is 607 g/mol. The molecule has 5 rings (SSSR count). The average molecular weight is 608 g/mol. The summed E-state index contributed by atoms with van der Waals surface area (Å²) in [4.78, 5) is 51.2. The third kappa shape index (κ3) is 8.80. The Balaban J connectivity index is 1.25. The predicted octanol–water partition coefficient (Wildman–Crippen LogP) is 6.31. The molecule has 1 N–H and O–H groups in total. The van der Waals surface area contributed by atoms with Crippen LogP contribution in [0.4, 0.5) is 4.79 Å². The molecule has 1 heterocycles. The molecule has 0 spiro atoms. The molecule has 0 bridgehead atoms. The van der Waals surface area contributed by atoms with E-state index in [4.69, 9.17) is 23.4 Å². The summed E-state index contributed by atoms with van der Waals surface area (Å²) in [5, 5.41) is 2.69. The van der Waals surface area contributed by atoms with Crippen LogP contribution >= 0.6 is 0 Å². The van der Waals surface area contributed by atoms with E-state index in [1.54, 1.807) is 48.5 Å². The summed E-state index contributed by atoms with van der Waals surface area (Å²) in [6, 6.07) is 29.9. The number of alkyl carbamates (subject to hydrolysis) is 1. The zero-order valence-corrected chi connectivity index (χ0v) is 24.0. The predicted molar refractivity (Wildman–Crippen MR) is 164 cm³/mol. The Kier molecular flexibility index (Phi) is 10.2. The number of hydrogen-bond donors (Lipinski definition) is 1. The second kappa shape index (κ2) is 15.0. The van der Waals surface area contributed by atoms with Crippen molar-refractivity contribution in [1.29, 1.82) is 0 Å². The van der Waals surface area contributed by atoms with E-state index in [9.17, 15) is 19.2 Å². The van der Waals surface area contributed by atoms with E-state index >= 15 is 0 Å². The van der Waals surface area contributed by atoms with Crippen LogP contribution in [0.3, 0.4) is 0 Å². The molecular formula is C35H29NO9. The van der Waals surface area contributed by atoms with Crippen LogP contribution in [-0.2, 0) is 32.3 Å². The fourth-order valence-corrected chi connectivity index (χ4v) is 4.26. The topological polar surface area (TPSA) is 130 Å². The number of fused-ring (bicyclic) bond motifs is 1. The smallest absolute Gasteiger partial charge is 0.408 e. The standard InChI is InChI=1S/C35H29NO9/c37-32(42-21-24-10-4-1-5-11-24)19-18-29(36-35(40)43-22-25-12-6-2-7-13-25)34(39)45-27-16-17-28-30(20-27)41-23-31(33(28)38)44-26-14-8-3-9-15-26/h1-17,20,23,29H,18-19,21-22H2,(H,36,40)/t29-/m0/s1. The Hall–Kier alpha value is -5.90. The minimum absolute atomic E-state index is 0.00382. The van der Waals surface area contributed by atoms with E-state index in [0.717, 1.165) is 11.1 Å². The fourth-order valence-electron chi connectivity index (χ4n) is 4.26. The summed E-state index contributed by atoms with van der Waals surface area (Å²) in [6.07, 6.45) is 0.0177. The van der Waals surface area contributed by atoms with Crippen molar-refractivity contribution in [3.63, 3.8) is 0 Å². The van der Waals surface area contributed by atoms with Crippen molar-refractivity contribution in [3.8, 4) is 17.2 Å². The van der Waals surface area contributed by atoms with Crippen molar-refractivity contribution in [1.82, 2.24) is 5.32 Å². The van der Waals surface area contributed by atoms with Crippen LogP contribution in [0.5, 0.6) is 17.2 Å². The van der Waals surface area contributed by atoms with Crippen LogP contribution in [0.15, 0.2) is 125 Å². The van der Waals surface area contributed by atoms with Crippen LogP contribution in [-0.4, -0.2) is 24.1 Å². The first-order chi connectivity index (χ1) is 21.9. The number of benzene rings is 4. The maximum Gasteiger partial charge on any atom is 0.408 e. The molecule has 0 saturated heterocycles. The molecule has 45 heavy (non-hydrogen) atoms. The zero-order chi connectivity index (χ0) is 31.4. The highest BCUT2D eigenvalue weighted by Gasteiger charge is 2.25. The maximum absolute atomic E-state index is 13.2. The van der Waals surface area contributed by atoms with Gasteiger partial charge in [-0.15, -0.1) is 0 Å². The Labute approximate surface area is 258 Å². The van der Waals surface area contributed by atoms with Gasteiger partial charge < -0.3 is 28.7 Å². The Morgan fingerprint density at radius 3 is 2.02 bits per heavy atom. The van der Waals surface area contributed by atoms with Crippen molar-refractivity contribution in [2.75, 3.05) is 0 Å². The molecule has 0 radical (unpaired) electrons. The third-order valence-electron chi connectivity index (χ3n) is 6.57. The molecule has 0 unspecified atom stereocenters. The minimum Gasteiger partial charge on any atom is -0.461 e. The normalized spacial score (nSPS) is 11.3. The largest absolute Gasteiger partial charge is 0.461 e. The summed E-state index contributed by atoms with van der Waals surface area (Å²) >= 11 is 0.